The van der Waals surface area contributed by atoms with Gasteiger partial charge in [-0.3, -0.25) is 5.32 Å². The number of aliphatic hydroxyl groups is 1. The van der Waals surface area contributed by atoms with Crippen molar-refractivity contribution in [3.63, 3.8) is 0 Å². The molecule has 92 valence electrons. The van der Waals surface area contributed by atoms with Crippen LogP contribution in [0.4, 0.5) is 0 Å². The Hall–Kier alpha value is -1.57. The molecule has 1 aromatic carbocycles. The lowest BCUT2D eigenvalue weighted by atomic mass is 10.0. The summed E-state index contributed by atoms with van der Waals surface area (Å²) in [5, 5.41) is 30.5. The highest BCUT2D eigenvalue weighted by Gasteiger charge is 2.12. The first-order valence-electron chi connectivity index (χ1n) is 5.64. The van der Waals surface area contributed by atoms with Crippen molar-refractivity contribution in [1.82, 2.24) is 5.32 Å². The van der Waals surface area contributed by atoms with Crippen LogP contribution in [0, 0.1) is 25.2 Å². The highest BCUT2D eigenvalue weighted by Crippen LogP contribution is 2.25. The molecule has 1 atom stereocenters. The molecule has 4 nitrogen and oxygen atoms in total. The van der Waals surface area contributed by atoms with Gasteiger partial charge in [0.1, 0.15) is 11.8 Å². The number of nitrogens with one attached hydrogen (secondary N) is 1. The number of nitrogens with zero attached hydrogens (tertiary/aromatic N) is 1. The van der Waals surface area contributed by atoms with Gasteiger partial charge in [-0.05, 0) is 55.6 Å². The van der Waals surface area contributed by atoms with E-state index in [1.165, 1.54) is 0 Å². The Labute approximate surface area is 102 Å². The third-order valence-corrected chi connectivity index (χ3v) is 2.66. The molecule has 0 aromatic heterocycles. The van der Waals surface area contributed by atoms with Gasteiger partial charge < -0.3 is 10.2 Å². The summed E-state index contributed by atoms with van der Waals surface area (Å²) < 4.78 is 0. The van der Waals surface area contributed by atoms with Crippen LogP contribution in [-0.4, -0.2) is 23.4 Å². The molecule has 1 unspecified atom stereocenters. The molecule has 0 aliphatic rings. The van der Waals surface area contributed by atoms with Gasteiger partial charge in [0.2, 0.25) is 0 Å². The first kappa shape index (κ1) is 13.5. The molecule has 0 bridgehead atoms. The highest BCUT2D eigenvalue weighted by atomic mass is 16.3. The number of aliphatic hydroxyl groups excluding tert-OH is 1. The zero-order chi connectivity index (χ0) is 12.8. The molecule has 0 amide bonds. The van der Waals surface area contributed by atoms with Crippen LogP contribution in [-0.2, 0) is 0 Å². The third kappa shape index (κ3) is 3.45. The van der Waals surface area contributed by atoms with Gasteiger partial charge in [0, 0.05) is 6.61 Å². The van der Waals surface area contributed by atoms with E-state index in [0.717, 1.165) is 16.7 Å². The van der Waals surface area contributed by atoms with Crippen LogP contribution in [0.15, 0.2) is 12.1 Å². The van der Waals surface area contributed by atoms with E-state index in [4.69, 9.17) is 10.4 Å². The molecule has 0 fully saturated rings. The van der Waals surface area contributed by atoms with Crippen LogP contribution >= 0.6 is 0 Å². The Bertz CT molecular complexity index is 401. The van der Waals surface area contributed by atoms with E-state index in [2.05, 4.69) is 11.4 Å². The SMILES string of the molecule is Cc1cc(C(C#N)NCCCO)cc(C)c1O. The second kappa shape index (κ2) is 6.24. The minimum atomic E-state index is -0.403. The maximum absolute atomic E-state index is 9.66. The Morgan fingerprint density at radius 3 is 2.41 bits per heavy atom. The zero-order valence-corrected chi connectivity index (χ0v) is 10.2. The molecule has 1 rings (SSSR count). The first-order valence-corrected chi connectivity index (χ1v) is 5.64. The molecule has 3 N–H and O–H groups in total. The largest absolute Gasteiger partial charge is 0.507 e. The van der Waals surface area contributed by atoms with Crippen molar-refractivity contribution in [2.24, 2.45) is 0 Å². The average molecular weight is 234 g/mol. The third-order valence-electron chi connectivity index (χ3n) is 2.66. The van der Waals surface area contributed by atoms with Gasteiger partial charge in [-0.2, -0.15) is 5.26 Å². The second-order valence-corrected chi connectivity index (χ2v) is 4.10. The van der Waals surface area contributed by atoms with E-state index in [-0.39, 0.29) is 12.4 Å². The number of hydrogen-bond donors (Lipinski definition) is 3. The minimum absolute atomic E-state index is 0.110. The fraction of sp³-hybridized carbons (Fsp3) is 0.462. The monoisotopic (exact) mass is 234 g/mol. The maximum atomic E-state index is 9.66. The van der Waals surface area contributed by atoms with E-state index in [0.29, 0.717) is 13.0 Å². The maximum Gasteiger partial charge on any atom is 0.121 e. The van der Waals surface area contributed by atoms with Crippen LogP contribution in [0.1, 0.15) is 29.2 Å². The second-order valence-electron chi connectivity index (χ2n) is 4.10. The number of hydrogen-bond acceptors (Lipinski definition) is 4. The lowest BCUT2D eigenvalue weighted by Gasteiger charge is -2.14. The Morgan fingerprint density at radius 1 is 1.35 bits per heavy atom. The summed E-state index contributed by atoms with van der Waals surface area (Å²) in [7, 11) is 0. The molecule has 0 heterocycles. The normalized spacial score (nSPS) is 12.1. The summed E-state index contributed by atoms with van der Waals surface area (Å²) in [6.07, 6.45) is 0.619. The molecular weight excluding hydrogens is 216 g/mol. The van der Waals surface area contributed by atoms with Crippen LogP contribution < -0.4 is 5.32 Å². The van der Waals surface area contributed by atoms with E-state index in [9.17, 15) is 5.11 Å². The summed E-state index contributed by atoms with van der Waals surface area (Å²) in [6, 6.07) is 5.39. The first-order chi connectivity index (χ1) is 8.10. The predicted molar refractivity (Wildman–Crippen MR) is 65.6 cm³/mol. The lowest BCUT2D eigenvalue weighted by molar-refractivity contribution is 0.285. The number of rotatable bonds is 5. The number of phenolic OH excluding ortho intramolecular Hbond substituents is 1. The Kier molecular flexibility index (Phi) is 4.95. The van der Waals surface area contributed by atoms with Crippen LogP contribution in [0.2, 0.25) is 0 Å². The highest BCUT2D eigenvalue weighted by molar-refractivity contribution is 5.44. The smallest absolute Gasteiger partial charge is 0.121 e. The van der Waals surface area contributed by atoms with Gasteiger partial charge in [0.25, 0.3) is 0 Å². The number of aromatic hydroxyl groups is 1. The lowest BCUT2D eigenvalue weighted by Crippen LogP contribution is -2.22. The topological polar surface area (TPSA) is 76.3 Å². The van der Waals surface area contributed by atoms with Crippen molar-refractivity contribution < 1.29 is 10.2 Å². The van der Waals surface area contributed by atoms with Gasteiger partial charge in [0.15, 0.2) is 0 Å². The van der Waals surface area contributed by atoms with Crippen LogP contribution in [0.25, 0.3) is 0 Å². The fourth-order valence-corrected chi connectivity index (χ4v) is 1.72. The molecule has 17 heavy (non-hydrogen) atoms. The summed E-state index contributed by atoms with van der Waals surface area (Å²) in [4.78, 5) is 0. The molecule has 0 saturated carbocycles. The van der Waals surface area contributed by atoms with Crippen molar-refractivity contribution >= 4 is 0 Å². The molecule has 0 radical (unpaired) electrons. The van der Waals surface area contributed by atoms with Crippen molar-refractivity contribution in [1.29, 1.82) is 5.26 Å². The van der Waals surface area contributed by atoms with Gasteiger partial charge in [-0.1, -0.05) is 0 Å². The number of aryl methyl sites for hydroxylation is 2. The van der Waals surface area contributed by atoms with Gasteiger partial charge in [-0.15, -0.1) is 0 Å². The fourth-order valence-electron chi connectivity index (χ4n) is 1.72. The Morgan fingerprint density at radius 2 is 1.94 bits per heavy atom. The molecule has 0 aliphatic carbocycles. The molecule has 1 aromatic rings. The number of phenols is 1. The summed E-state index contributed by atoms with van der Waals surface area (Å²) in [6.45, 7) is 4.33. The Balaban J connectivity index is 2.86. The molecule has 0 aliphatic heterocycles. The zero-order valence-electron chi connectivity index (χ0n) is 10.2. The van der Waals surface area contributed by atoms with Crippen molar-refractivity contribution in [2.45, 2.75) is 26.3 Å². The van der Waals surface area contributed by atoms with Gasteiger partial charge in [0.05, 0.1) is 6.07 Å². The van der Waals surface area contributed by atoms with E-state index in [1.54, 1.807) is 0 Å². The average Bonchev–Trinajstić information content (AvgIpc) is 2.31. The van der Waals surface area contributed by atoms with Crippen LogP contribution in [0.3, 0.4) is 0 Å². The molecule has 0 saturated heterocycles. The van der Waals surface area contributed by atoms with E-state index in [1.807, 2.05) is 26.0 Å². The summed E-state index contributed by atoms with van der Waals surface area (Å²) in [5.74, 6) is 0.279. The molecular formula is C13H18N2O2. The minimum Gasteiger partial charge on any atom is -0.507 e. The van der Waals surface area contributed by atoms with Gasteiger partial charge in [-0.25, -0.2) is 0 Å². The van der Waals surface area contributed by atoms with Gasteiger partial charge >= 0.3 is 0 Å². The predicted octanol–water partition coefficient (Wildman–Crippen LogP) is 1.55. The quantitative estimate of drug-likeness (QED) is 0.675. The number of benzene rings is 1. The van der Waals surface area contributed by atoms with E-state index >= 15 is 0 Å². The van der Waals surface area contributed by atoms with Crippen molar-refractivity contribution in [3.8, 4) is 11.8 Å². The molecule has 0 spiro atoms. The standard InChI is InChI=1S/C13H18N2O2/c1-9-6-11(7-10(2)13(9)17)12(8-14)15-4-3-5-16/h6-7,12,15-17H,3-5H2,1-2H3. The summed E-state index contributed by atoms with van der Waals surface area (Å²) >= 11 is 0. The summed E-state index contributed by atoms with van der Waals surface area (Å²) in [5.41, 5.74) is 2.38. The number of nitriles is 1. The van der Waals surface area contributed by atoms with E-state index < -0.39 is 6.04 Å². The van der Waals surface area contributed by atoms with Crippen molar-refractivity contribution in [2.75, 3.05) is 13.2 Å². The molecule has 4 heteroatoms. The van der Waals surface area contributed by atoms with Crippen LogP contribution in [0.5, 0.6) is 5.75 Å². The van der Waals surface area contributed by atoms with Crippen molar-refractivity contribution in [3.05, 3.63) is 28.8 Å².